The minimum absolute atomic E-state index is 0.344. The first-order valence-electron chi connectivity index (χ1n) is 5.01. The van der Waals surface area contributed by atoms with Gasteiger partial charge in [-0.15, -0.1) is 0 Å². The van der Waals surface area contributed by atoms with E-state index in [0.717, 1.165) is 12.1 Å². The van der Waals surface area contributed by atoms with Gasteiger partial charge in [-0.2, -0.15) is 18.3 Å². The van der Waals surface area contributed by atoms with Crippen molar-refractivity contribution in [2.75, 3.05) is 0 Å². The minimum Gasteiger partial charge on any atom is -0.270 e. The third-order valence-corrected chi connectivity index (χ3v) is 2.42. The third-order valence-electron chi connectivity index (χ3n) is 2.42. The van der Waals surface area contributed by atoms with Crippen LogP contribution in [0.1, 0.15) is 23.0 Å². The number of nitrogens with two attached hydrogens (primary N) is 1. The Hall–Kier alpha value is -1.93. The molecule has 5 nitrogen and oxygen atoms in total. The predicted molar refractivity (Wildman–Crippen MR) is 57.0 cm³/mol. The van der Waals surface area contributed by atoms with Gasteiger partial charge in [0.2, 0.25) is 0 Å². The number of H-pyrrole nitrogens is 1. The van der Waals surface area contributed by atoms with Gasteiger partial charge in [0.15, 0.2) is 0 Å². The fourth-order valence-corrected chi connectivity index (χ4v) is 1.58. The molecule has 0 aliphatic rings. The summed E-state index contributed by atoms with van der Waals surface area (Å²) in [5.74, 6) is 5.68. The first-order valence-corrected chi connectivity index (χ1v) is 5.01. The Labute approximate surface area is 100 Å². The van der Waals surface area contributed by atoms with E-state index in [2.05, 4.69) is 20.6 Å². The maximum absolute atomic E-state index is 12.6. The molecule has 2 aromatic rings. The number of aromatic nitrogens is 3. The van der Waals surface area contributed by atoms with Crippen molar-refractivity contribution in [3.63, 3.8) is 0 Å². The first kappa shape index (κ1) is 12.5. The van der Waals surface area contributed by atoms with Crippen molar-refractivity contribution in [1.29, 1.82) is 0 Å². The summed E-state index contributed by atoms with van der Waals surface area (Å²) in [6.07, 6.45) is -3.14. The number of halogens is 3. The summed E-state index contributed by atoms with van der Waals surface area (Å²) in [6, 6.07) is 4.20. The molecule has 0 amide bonds. The zero-order chi connectivity index (χ0) is 13.2. The fraction of sp³-hybridized carbons (Fsp3) is 0.200. The average molecular weight is 257 g/mol. The molecular formula is C10H10F3N5. The van der Waals surface area contributed by atoms with Crippen LogP contribution in [-0.2, 0) is 6.18 Å². The van der Waals surface area contributed by atoms with Gasteiger partial charge in [-0.3, -0.25) is 10.9 Å². The highest BCUT2D eigenvalue weighted by molar-refractivity contribution is 5.30. The van der Waals surface area contributed by atoms with E-state index in [1.54, 1.807) is 0 Å². The molecule has 96 valence electrons. The Kier molecular flexibility index (Phi) is 3.30. The van der Waals surface area contributed by atoms with Gasteiger partial charge in [-0.05, 0) is 17.7 Å². The van der Waals surface area contributed by atoms with Gasteiger partial charge in [-0.1, -0.05) is 12.1 Å². The summed E-state index contributed by atoms with van der Waals surface area (Å²) in [5, 5.41) is 6.19. The summed E-state index contributed by atoms with van der Waals surface area (Å²) in [5.41, 5.74) is 2.01. The Morgan fingerprint density at radius 3 is 2.67 bits per heavy atom. The molecule has 1 atom stereocenters. The molecule has 0 fully saturated rings. The number of nitrogens with one attached hydrogen (secondary N) is 2. The van der Waals surface area contributed by atoms with Crippen LogP contribution in [-0.4, -0.2) is 15.2 Å². The molecule has 18 heavy (non-hydrogen) atoms. The lowest BCUT2D eigenvalue weighted by molar-refractivity contribution is -0.137. The number of alkyl halides is 3. The molecule has 0 aliphatic carbocycles. The first-order chi connectivity index (χ1) is 8.52. The van der Waals surface area contributed by atoms with Crippen LogP contribution >= 0.6 is 0 Å². The zero-order valence-electron chi connectivity index (χ0n) is 9.07. The third kappa shape index (κ3) is 2.49. The summed E-state index contributed by atoms with van der Waals surface area (Å²) < 4.78 is 37.8. The van der Waals surface area contributed by atoms with Crippen molar-refractivity contribution < 1.29 is 13.2 Å². The molecule has 2 rings (SSSR count). The predicted octanol–water partition coefficient (Wildman–Crippen LogP) is 1.38. The van der Waals surface area contributed by atoms with Gasteiger partial charge < -0.3 is 0 Å². The van der Waals surface area contributed by atoms with E-state index in [9.17, 15) is 13.2 Å². The van der Waals surface area contributed by atoms with Gasteiger partial charge >= 0.3 is 6.18 Å². The van der Waals surface area contributed by atoms with Crippen LogP contribution in [0.5, 0.6) is 0 Å². The number of hydrogen-bond donors (Lipinski definition) is 3. The second-order valence-electron chi connectivity index (χ2n) is 3.59. The van der Waals surface area contributed by atoms with Crippen molar-refractivity contribution >= 4 is 0 Å². The van der Waals surface area contributed by atoms with Crippen LogP contribution in [0.4, 0.5) is 13.2 Å². The SMILES string of the molecule is NNC(c1cccc(C(F)(F)F)c1)c1ncn[nH]1. The highest BCUT2D eigenvalue weighted by Gasteiger charge is 2.31. The van der Waals surface area contributed by atoms with Gasteiger partial charge in [0.05, 0.1) is 5.56 Å². The lowest BCUT2D eigenvalue weighted by Gasteiger charge is -2.15. The Morgan fingerprint density at radius 2 is 2.11 bits per heavy atom. The molecule has 0 saturated heterocycles. The van der Waals surface area contributed by atoms with Gasteiger partial charge in [0.25, 0.3) is 0 Å². The van der Waals surface area contributed by atoms with Crippen LogP contribution in [0.2, 0.25) is 0 Å². The van der Waals surface area contributed by atoms with E-state index >= 15 is 0 Å². The number of nitrogens with zero attached hydrogens (tertiary/aromatic N) is 2. The molecule has 8 heteroatoms. The fourth-order valence-electron chi connectivity index (χ4n) is 1.58. The number of benzene rings is 1. The molecule has 4 N–H and O–H groups in total. The quantitative estimate of drug-likeness (QED) is 0.573. The van der Waals surface area contributed by atoms with Gasteiger partial charge in [0, 0.05) is 0 Å². The van der Waals surface area contributed by atoms with Crippen molar-refractivity contribution in [2.45, 2.75) is 12.2 Å². The topological polar surface area (TPSA) is 79.6 Å². The lowest BCUT2D eigenvalue weighted by atomic mass is 10.0. The van der Waals surface area contributed by atoms with Crippen LogP contribution in [0.3, 0.4) is 0 Å². The largest absolute Gasteiger partial charge is 0.416 e. The molecule has 0 aliphatic heterocycles. The summed E-state index contributed by atoms with van der Waals surface area (Å²) in [6.45, 7) is 0. The molecule has 1 unspecified atom stereocenters. The molecule has 0 radical (unpaired) electrons. The van der Waals surface area contributed by atoms with Crippen molar-refractivity contribution in [3.8, 4) is 0 Å². The van der Waals surface area contributed by atoms with E-state index in [1.165, 1.54) is 18.5 Å². The molecule has 1 aromatic heterocycles. The normalized spacial score (nSPS) is 13.6. The van der Waals surface area contributed by atoms with Crippen LogP contribution in [0, 0.1) is 0 Å². The molecule has 0 saturated carbocycles. The van der Waals surface area contributed by atoms with E-state index in [1.807, 2.05) is 0 Å². The second-order valence-corrected chi connectivity index (χ2v) is 3.59. The van der Waals surface area contributed by atoms with Crippen LogP contribution in [0.25, 0.3) is 0 Å². The van der Waals surface area contributed by atoms with E-state index in [-0.39, 0.29) is 0 Å². The number of hydrogen-bond acceptors (Lipinski definition) is 4. The minimum atomic E-state index is -4.39. The van der Waals surface area contributed by atoms with Gasteiger partial charge in [-0.25, -0.2) is 10.4 Å². The van der Waals surface area contributed by atoms with Crippen LogP contribution in [0.15, 0.2) is 30.6 Å². The second kappa shape index (κ2) is 4.75. The van der Waals surface area contributed by atoms with E-state index in [0.29, 0.717) is 11.4 Å². The molecule has 1 aromatic carbocycles. The standard InChI is InChI=1S/C10H10F3N5/c11-10(12,13)7-3-1-2-6(4-7)8(17-14)9-15-5-16-18-9/h1-5,8,17H,14H2,(H,15,16,18). The summed E-state index contributed by atoms with van der Waals surface area (Å²) >= 11 is 0. The highest BCUT2D eigenvalue weighted by atomic mass is 19.4. The summed E-state index contributed by atoms with van der Waals surface area (Å²) in [7, 11) is 0. The highest BCUT2D eigenvalue weighted by Crippen LogP contribution is 2.31. The monoisotopic (exact) mass is 257 g/mol. The maximum atomic E-state index is 12.6. The average Bonchev–Trinajstić information content (AvgIpc) is 2.83. The van der Waals surface area contributed by atoms with E-state index in [4.69, 9.17) is 5.84 Å². The summed E-state index contributed by atoms with van der Waals surface area (Å²) in [4.78, 5) is 3.87. The van der Waals surface area contributed by atoms with Gasteiger partial charge in [0.1, 0.15) is 18.2 Å². The zero-order valence-corrected chi connectivity index (χ0v) is 9.07. The van der Waals surface area contributed by atoms with Crippen LogP contribution < -0.4 is 11.3 Å². The van der Waals surface area contributed by atoms with Crippen molar-refractivity contribution in [3.05, 3.63) is 47.5 Å². The molecule has 0 bridgehead atoms. The van der Waals surface area contributed by atoms with Crippen molar-refractivity contribution in [2.24, 2.45) is 5.84 Å². The number of rotatable bonds is 3. The van der Waals surface area contributed by atoms with Crippen molar-refractivity contribution in [1.82, 2.24) is 20.6 Å². The Morgan fingerprint density at radius 1 is 1.33 bits per heavy atom. The number of hydrazine groups is 1. The Bertz CT molecular complexity index is 508. The van der Waals surface area contributed by atoms with E-state index < -0.39 is 17.8 Å². The lowest BCUT2D eigenvalue weighted by Crippen LogP contribution is -2.30. The number of aromatic amines is 1. The smallest absolute Gasteiger partial charge is 0.270 e. The Balaban J connectivity index is 2.38. The molecule has 0 spiro atoms. The molecular weight excluding hydrogens is 247 g/mol. The molecule has 1 heterocycles. The maximum Gasteiger partial charge on any atom is 0.416 e.